The van der Waals surface area contributed by atoms with Crippen LogP contribution in [-0.2, 0) is 14.3 Å². The lowest BCUT2D eigenvalue weighted by Crippen LogP contribution is -2.31. The number of nitrogens with zero attached hydrogens (tertiary/aromatic N) is 1. The van der Waals surface area contributed by atoms with Crippen LogP contribution in [0.15, 0.2) is 30.3 Å². The molecule has 0 unspecified atom stereocenters. The van der Waals surface area contributed by atoms with E-state index < -0.39 is 0 Å². The predicted octanol–water partition coefficient (Wildman–Crippen LogP) is 2.64. The lowest BCUT2D eigenvalue weighted by Gasteiger charge is -2.18. The van der Waals surface area contributed by atoms with Crippen molar-refractivity contribution in [2.45, 2.75) is 20.3 Å². The topological polar surface area (TPSA) is 46.6 Å². The molecule has 0 fully saturated rings. The zero-order chi connectivity index (χ0) is 15.7. The fraction of sp³-hybridized carbons (Fsp3) is 0.375. The van der Waals surface area contributed by atoms with Gasteiger partial charge in [-0.15, -0.1) is 0 Å². The first-order chi connectivity index (χ1) is 10.1. The minimum Gasteiger partial charge on any atom is -0.466 e. The molecule has 1 amide bonds. The van der Waals surface area contributed by atoms with Crippen LogP contribution in [0.25, 0.3) is 6.08 Å². The lowest BCUT2D eigenvalue weighted by atomic mass is 10.2. The number of carbonyl (C=O) groups is 2. The van der Waals surface area contributed by atoms with E-state index in [4.69, 9.17) is 4.74 Å². The Balaban J connectivity index is 2.56. The molecule has 5 heteroatoms. The van der Waals surface area contributed by atoms with Crippen molar-refractivity contribution in [2.24, 2.45) is 0 Å². The first kappa shape index (κ1) is 16.9. The molecule has 0 aliphatic heterocycles. The van der Waals surface area contributed by atoms with E-state index in [1.54, 1.807) is 25.1 Å². The summed E-state index contributed by atoms with van der Waals surface area (Å²) in [4.78, 5) is 24.8. The van der Waals surface area contributed by atoms with Gasteiger partial charge in [0.25, 0.3) is 0 Å². The van der Waals surface area contributed by atoms with Gasteiger partial charge in [-0.3, -0.25) is 9.59 Å². The first-order valence-electron chi connectivity index (χ1n) is 6.95. The van der Waals surface area contributed by atoms with Crippen molar-refractivity contribution in [1.29, 1.82) is 0 Å². The molecule has 0 atom stereocenters. The summed E-state index contributed by atoms with van der Waals surface area (Å²) in [6.07, 6.45) is 3.10. The van der Waals surface area contributed by atoms with E-state index in [9.17, 15) is 14.0 Å². The van der Waals surface area contributed by atoms with Crippen LogP contribution in [0, 0.1) is 5.82 Å². The standard InChI is InChI=1S/C16H20FNO3/c1-3-18(11-10-16(20)21-4-2)15(19)9-8-13-6-5-7-14(17)12-13/h5-9,12H,3-4,10-11H2,1-2H3/b9-8+. The maximum atomic E-state index is 13.0. The number of ether oxygens (including phenoxy) is 1. The normalized spacial score (nSPS) is 10.6. The van der Waals surface area contributed by atoms with Gasteiger partial charge in [-0.05, 0) is 37.6 Å². The molecule has 0 saturated carbocycles. The van der Waals surface area contributed by atoms with E-state index in [1.165, 1.54) is 23.1 Å². The highest BCUT2D eigenvalue weighted by Crippen LogP contribution is 2.06. The van der Waals surface area contributed by atoms with E-state index in [2.05, 4.69) is 0 Å². The second-order valence-corrected chi connectivity index (χ2v) is 4.36. The van der Waals surface area contributed by atoms with Crippen molar-refractivity contribution < 1.29 is 18.7 Å². The average molecular weight is 293 g/mol. The molecule has 1 aromatic rings. The third-order valence-electron chi connectivity index (χ3n) is 2.85. The molecular formula is C16H20FNO3. The second kappa shape index (κ2) is 8.89. The Morgan fingerprint density at radius 3 is 2.71 bits per heavy atom. The number of halogens is 1. The summed E-state index contributed by atoms with van der Waals surface area (Å²) >= 11 is 0. The van der Waals surface area contributed by atoms with Gasteiger partial charge in [0.15, 0.2) is 0 Å². The van der Waals surface area contributed by atoms with Crippen LogP contribution in [-0.4, -0.2) is 36.5 Å². The molecule has 0 radical (unpaired) electrons. The average Bonchev–Trinajstić information content (AvgIpc) is 2.46. The van der Waals surface area contributed by atoms with Crippen molar-refractivity contribution in [3.05, 3.63) is 41.7 Å². The number of carbonyl (C=O) groups excluding carboxylic acids is 2. The maximum Gasteiger partial charge on any atom is 0.307 e. The van der Waals surface area contributed by atoms with Gasteiger partial charge in [0, 0.05) is 19.2 Å². The van der Waals surface area contributed by atoms with Gasteiger partial charge in [0.2, 0.25) is 5.91 Å². The predicted molar refractivity (Wildman–Crippen MR) is 78.9 cm³/mol. The summed E-state index contributed by atoms with van der Waals surface area (Å²) < 4.78 is 17.8. The molecule has 0 bridgehead atoms. The number of benzene rings is 1. The van der Waals surface area contributed by atoms with Gasteiger partial charge in [0.1, 0.15) is 5.82 Å². The molecule has 21 heavy (non-hydrogen) atoms. The van der Waals surface area contributed by atoms with E-state index in [0.29, 0.717) is 25.3 Å². The SMILES string of the molecule is CCOC(=O)CCN(CC)C(=O)/C=C/c1cccc(F)c1. The molecule has 4 nitrogen and oxygen atoms in total. The smallest absolute Gasteiger partial charge is 0.307 e. The Morgan fingerprint density at radius 2 is 2.10 bits per heavy atom. The van der Waals surface area contributed by atoms with Gasteiger partial charge in [-0.2, -0.15) is 0 Å². The Morgan fingerprint density at radius 1 is 1.33 bits per heavy atom. The van der Waals surface area contributed by atoms with Crippen molar-refractivity contribution in [3.63, 3.8) is 0 Å². The molecular weight excluding hydrogens is 273 g/mol. The summed E-state index contributed by atoms with van der Waals surface area (Å²) in [6.45, 7) is 4.70. The summed E-state index contributed by atoms with van der Waals surface area (Å²) in [7, 11) is 0. The molecule has 0 spiro atoms. The summed E-state index contributed by atoms with van der Waals surface area (Å²) in [5, 5.41) is 0. The second-order valence-electron chi connectivity index (χ2n) is 4.36. The zero-order valence-corrected chi connectivity index (χ0v) is 12.3. The van der Waals surface area contributed by atoms with Crippen LogP contribution >= 0.6 is 0 Å². The lowest BCUT2D eigenvalue weighted by molar-refractivity contribution is -0.143. The quantitative estimate of drug-likeness (QED) is 0.573. The van der Waals surface area contributed by atoms with E-state index in [0.717, 1.165) is 0 Å². The molecule has 114 valence electrons. The van der Waals surface area contributed by atoms with Crippen LogP contribution in [0.4, 0.5) is 4.39 Å². The van der Waals surface area contributed by atoms with Gasteiger partial charge < -0.3 is 9.64 Å². The highest BCUT2D eigenvalue weighted by Gasteiger charge is 2.11. The Labute approximate surface area is 124 Å². The van der Waals surface area contributed by atoms with Crippen molar-refractivity contribution in [3.8, 4) is 0 Å². The van der Waals surface area contributed by atoms with Crippen LogP contribution in [0.3, 0.4) is 0 Å². The highest BCUT2D eigenvalue weighted by atomic mass is 19.1. The van der Waals surface area contributed by atoms with Crippen LogP contribution in [0.5, 0.6) is 0 Å². The van der Waals surface area contributed by atoms with Crippen molar-refractivity contribution in [2.75, 3.05) is 19.7 Å². The van der Waals surface area contributed by atoms with Gasteiger partial charge >= 0.3 is 5.97 Å². The summed E-state index contributed by atoms with van der Waals surface area (Å²) in [5.74, 6) is -0.886. The number of likely N-dealkylation sites (N-methyl/N-ethyl adjacent to an activating group) is 1. The van der Waals surface area contributed by atoms with Crippen molar-refractivity contribution >= 4 is 18.0 Å². The maximum absolute atomic E-state index is 13.0. The monoisotopic (exact) mass is 293 g/mol. The molecule has 0 aliphatic rings. The molecule has 0 N–H and O–H groups in total. The molecule has 0 heterocycles. The van der Waals surface area contributed by atoms with Crippen molar-refractivity contribution in [1.82, 2.24) is 4.90 Å². The Kier molecular flexibility index (Phi) is 7.15. The Bertz CT molecular complexity index is 514. The number of rotatable bonds is 7. The van der Waals surface area contributed by atoms with E-state index in [-0.39, 0.29) is 24.1 Å². The summed E-state index contributed by atoms with van der Waals surface area (Å²) in [6, 6.07) is 5.98. The van der Waals surface area contributed by atoms with Gasteiger partial charge in [0.05, 0.1) is 13.0 Å². The fourth-order valence-corrected chi connectivity index (χ4v) is 1.77. The molecule has 0 aliphatic carbocycles. The first-order valence-corrected chi connectivity index (χ1v) is 6.95. The largest absolute Gasteiger partial charge is 0.466 e. The number of amides is 1. The van der Waals surface area contributed by atoms with Crippen LogP contribution in [0.2, 0.25) is 0 Å². The molecule has 1 aromatic carbocycles. The van der Waals surface area contributed by atoms with Crippen LogP contribution in [0.1, 0.15) is 25.8 Å². The van der Waals surface area contributed by atoms with Crippen LogP contribution < -0.4 is 0 Å². The fourth-order valence-electron chi connectivity index (χ4n) is 1.77. The number of esters is 1. The third kappa shape index (κ3) is 6.21. The number of hydrogen-bond acceptors (Lipinski definition) is 3. The zero-order valence-electron chi connectivity index (χ0n) is 12.3. The van der Waals surface area contributed by atoms with Gasteiger partial charge in [-0.1, -0.05) is 12.1 Å². The minimum atomic E-state index is -0.348. The van der Waals surface area contributed by atoms with Gasteiger partial charge in [-0.25, -0.2) is 4.39 Å². The molecule has 0 saturated heterocycles. The van der Waals surface area contributed by atoms with E-state index >= 15 is 0 Å². The minimum absolute atomic E-state index is 0.168. The van der Waals surface area contributed by atoms with E-state index in [1.807, 2.05) is 6.92 Å². The summed E-state index contributed by atoms with van der Waals surface area (Å²) in [5.41, 5.74) is 0.616. The number of hydrogen-bond donors (Lipinski definition) is 0. The highest BCUT2D eigenvalue weighted by molar-refractivity contribution is 5.92. The molecule has 1 rings (SSSR count). The molecule has 0 aromatic heterocycles. The Hall–Kier alpha value is -2.17. The third-order valence-corrected chi connectivity index (χ3v) is 2.85.